The van der Waals surface area contributed by atoms with Crippen molar-refractivity contribution in [2.24, 2.45) is 5.92 Å². The van der Waals surface area contributed by atoms with Crippen molar-refractivity contribution in [1.82, 2.24) is 9.80 Å². The molecule has 2 aliphatic rings. The number of nitrogens with one attached hydrogen (secondary N) is 3. The van der Waals surface area contributed by atoms with Crippen LogP contribution in [0.2, 0.25) is 0 Å². The molecule has 3 unspecified atom stereocenters. The molecule has 5 amide bonds. The van der Waals surface area contributed by atoms with Crippen LogP contribution in [-0.4, -0.2) is 78.6 Å². The van der Waals surface area contributed by atoms with Gasteiger partial charge in [-0.3, -0.25) is 4.79 Å². The monoisotopic (exact) mass is 603 g/mol. The Morgan fingerprint density at radius 2 is 1.64 bits per heavy atom. The lowest BCUT2D eigenvalue weighted by atomic mass is 10.0. The van der Waals surface area contributed by atoms with Crippen LogP contribution in [0.3, 0.4) is 0 Å². The molecule has 0 saturated carbocycles. The number of ether oxygens (including phenoxy) is 3. The van der Waals surface area contributed by atoms with Gasteiger partial charge in [0.15, 0.2) is 11.5 Å². The van der Waals surface area contributed by atoms with E-state index in [9.17, 15) is 19.5 Å². The van der Waals surface area contributed by atoms with Gasteiger partial charge in [0.2, 0.25) is 12.7 Å². The summed E-state index contributed by atoms with van der Waals surface area (Å²) in [5.41, 5.74) is 2.27. The Morgan fingerprint density at radius 1 is 0.955 bits per heavy atom. The molecule has 0 aliphatic carbocycles. The summed E-state index contributed by atoms with van der Waals surface area (Å²) in [4.78, 5) is 42.4. The van der Waals surface area contributed by atoms with E-state index in [1.165, 1.54) is 4.90 Å². The Balaban J connectivity index is 1.34. The Bertz CT molecular complexity index is 1500. The van der Waals surface area contributed by atoms with Crippen LogP contribution in [0.5, 0.6) is 17.2 Å². The number of amides is 5. The minimum Gasteiger partial charge on any atom is -0.488 e. The van der Waals surface area contributed by atoms with Crippen molar-refractivity contribution >= 4 is 35.0 Å². The topological polar surface area (TPSA) is 142 Å². The first-order valence-corrected chi connectivity index (χ1v) is 14.4. The summed E-state index contributed by atoms with van der Waals surface area (Å²) < 4.78 is 17.2. The van der Waals surface area contributed by atoms with E-state index in [1.807, 2.05) is 25.1 Å². The maximum atomic E-state index is 13.5. The summed E-state index contributed by atoms with van der Waals surface area (Å²) in [6.07, 6.45) is -0.490. The second kappa shape index (κ2) is 13.6. The van der Waals surface area contributed by atoms with Gasteiger partial charge >= 0.3 is 12.1 Å². The zero-order valence-electron chi connectivity index (χ0n) is 24.9. The number of para-hydroxylation sites is 1. The van der Waals surface area contributed by atoms with E-state index >= 15 is 0 Å². The summed E-state index contributed by atoms with van der Waals surface area (Å²) >= 11 is 0. The van der Waals surface area contributed by atoms with E-state index in [4.69, 9.17) is 14.2 Å². The van der Waals surface area contributed by atoms with E-state index in [2.05, 4.69) is 16.0 Å². The van der Waals surface area contributed by atoms with Crippen molar-refractivity contribution in [1.29, 1.82) is 0 Å². The second-order valence-corrected chi connectivity index (χ2v) is 11.0. The number of aliphatic hydroxyl groups is 1. The van der Waals surface area contributed by atoms with Crippen LogP contribution in [0.4, 0.5) is 26.7 Å². The van der Waals surface area contributed by atoms with Gasteiger partial charge in [-0.15, -0.1) is 0 Å². The number of fused-ring (bicyclic) bond motifs is 2. The van der Waals surface area contributed by atoms with E-state index < -0.39 is 18.2 Å². The van der Waals surface area contributed by atoms with E-state index in [0.29, 0.717) is 46.4 Å². The molecular weight excluding hydrogens is 566 g/mol. The fourth-order valence-corrected chi connectivity index (χ4v) is 5.09. The zero-order chi connectivity index (χ0) is 31.2. The van der Waals surface area contributed by atoms with Crippen LogP contribution in [0.1, 0.15) is 19.4 Å². The van der Waals surface area contributed by atoms with Gasteiger partial charge in [-0.2, -0.15) is 0 Å². The van der Waals surface area contributed by atoms with E-state index in [-0.39, 0.29) is 44.2 Å². The predicted molar refractivity (Wildman–Crippen MR) is 165 cm³/mol. The van der Waals surface area contributed by atoms with Crippen LogP contribution < -0.4 is 30.2 Å². The SMILES string of the molecule is CC1CN(C(C)CO)C(=O)Cc2cc(NC(=O)Nc3ccccc3)ccc2OC1CN(C)C(=O)Nc1ccc2c(c1)OCO2. The summed E-state index contributed by atoms with van der Waals surface area (Å²) in [7, 11) is 1.67. The normalized spacial score (nSPS) is 18.1. The van der Waals surface area contributed by atoms with Gasteiger partial charge in [0, 0.05) is 48.2 Å². The quantitative estimate of drug-likeness (QED) is 0.314. The van der Waals surface area contributed by atoms with Gasteiger partial charge in [-0.05, 0) is 49.4 Å². The summed E-state index contributed by atoms with van der Waals surface area (Å²) in [5.74, 6) is 1.28. The molecule has 0 aromatic heterocycles. The lowest BCUT2D eigenvalue weighted by Gasteiger charge is -2.34. The molecule has 3 atom stereocenters. The molecule has 0 radical (unpaired) electrons. The molecule has 232 valence electrons. The average Bonchev–Trinajstić information content (AvgIpc) is 3.49. The Hall–Kier alpha value is -4.97. The van der Waals surface area contributed by atoms with Crippen LogP contribution in [0.15, 0.2) is 66.7 Å². The molecule has 0 bridgehead atoms. The van der Waals surface area contributed by atoms with Gasteiger partial charge in [-0.1, -0.05) is 25.1 Å². The van der Waals surface area contributed by atoms with Gasteiger partial charge in [-0.25, -0.2) is 9.59 Å². The predicted octanol–water partition coefficient (Wildman–Crippen LogP) is 4.37. The highest BCUT2D eigenvalue weighted by Gasteiger charge is 2.32. The number of likely N-dealkylation sites (N-methyl/N-ethyl adjacent to an activating group) is 1. The number of carbonyl (C=O) groups is 3. The molecule has 5 rings (SSSR count). The molecule has 3 aromatic carbocycles. The smallest absolute Gasteiger partial charge is 0.323 e. The largest absolute Gasteiger partial charge is 0.488 e. The van der Waals surface area contributed by atoms with Gasteiger partial charge in [0.1, 0.15) is 11.9 Å². The third-order valence-electron chi connectivity index (χ3n) is 7.63. The molecule has 12 heteroatoms. The minimum absolute atomic E-state index is 0.00930. The molecular formula is C32H37N5O7. The number of hydrogen-bond donors (Lipinski definition) is 4. The number of nitrogens with zero attached hydrogens (tertiary/aromatic N) is 2. The molecule has 2 aliphatic heterocycles. The Morgan fingerprint density at radius 3 is 2.39 bits per heavy atom. The highest BCUT2D eigenvalue weighted by Crippen LogP contribution is 2.34. The lowest BCUT2D eigenvalue weighted by Crippen LogP contribution is -2.48. The number of carbonyl (C=O) groups excluding carboxylic acids is 3. The standard InChI is InChI=1S/C32H37N5O7/c1-20-16-37(21(2)18-38)30(39)14-22-13-24(34-31(40)33-23-7-5-4-6-8-23)9-11-26(22)44-29(20)17-36(3)32(41)35-25-10-12-27-28(15-25)43-19-42-27/h4-13,15,20-21,29,38H,14,16-19H2,1-3H3,(H,35,41)(H2,33,34,40). The second-order valence-electron chi connectivity index (χ2n) is 11.0. The summed E-state index contributed by atoms with van der Waals surface area (Å²) in [5, 5.41) is 18.4. The molecule has 4 N–H and O–H groups in total. The van der Waals surface area contributed by atoms with Crippen LogP contribution in [-0.2, 0) is 11.2 Å². The van der Waals surface area contributed by atoms with Crippen LogP contribution >= 0.6 is 0 Å². The third kappa shape index (κ3) is 7.32. The number of benzene rings is 3. The number of aliphatic hydroxyl groups excluding tert-OH is 1. The fourth-order valence-electron chi connectivity index (χ4n) is 5.09. The number of rotatable bonds is 7. The maximum absolute atomic E-state index is 13.5. The number of urea groups is 2. The molecule has 0 fully saturated rings. The van der Waals surface area contributed by atoms with Gasteiger partial charge in [0.05, 0.1) is 25.6 Å². The van der Waals surface area contributed by atoms with Crippen molar-refractivity contribution in [3.05, 3.63) is 72.3 Å². The first kappa shape index (κ1) is 30.5. The lowest BCUT2D eigenvalue weighted by molar-refractivity contribution is -0.134. The fraction of sp³-hybridized carbons (Fsp3) is 0.344. The molecule has 44 heavy (non-hydrogen) atoms. The molecule has 12 nitrogen and oxygen atoms in total. The molecule has 2 heterocycles. The Kier molecular flexibility index (Phi) is 9.39. The number of anilines is 3. The third-order valence-corrected chi connectivity index (χ3v) is 7.63. The van der Waals surface area contributed by atoms with E-state index in [0.717, 1.165) is 0 Å². The first-order chi connectivity index (χ1) is 21.2. The summed E-state index contributed by atoms with van der Waals surface area (Å²) in [6, 6.07) is 18.2. The van der Waals surface area contributed by atoms with Crippen LogP contribution in [0, 0.1) is 5.92 Å². The highest BCUT2D eigenvalue weighted by atomic mass is 16.7. The molecule has 0 saturated heterocycles. The van der Waals surface area contributed by atoms with Crippen molar-refractivity contribution < 1.29 is 33.7 Å². The first-order valence-electron chi connectivity index (χ1n) is 14.4. The van der Waals surface area contributed by atoms with Crippen molar-refractivity contribution in [3.63, 3.8) is 0 Å². The summed E-state index contributed by atoms with van der Waals surface area (Å²) in [6.45, 7) is 4.21. The van der Waals surface area contributed by atoms with Gasteiger partial charge in [0.25, 0.3) is 0 Å². The number of hydrogen-bond acceptors (Lipinski definition) is 7. The Labute approximate surface area is 255 Å². The highest BCUT2D eigenvalue weighted by molar-refractivity contribution is 6.00. The maximum Gasteiger partial charge on any atom is 0.323 e. The van der Waals surface area contributed by atoms with Crippen molar-refractivity contribution in [2.45, 2.75) is 32.4 Å². The van der Waals surface area contributed by atoms with Gasteiger partial charge < -0.3 is 45.1 Å². The average molecular weight is 604 g/mol. The molecule has 3 aromatic rings. The molecule has 0 spiro atoms. The van der Waals surface area contributed by atoms with Crippen molar-refractivity contribution in [2.75, 3.05) is 49.5 Å². The zero-order valence-corrected chi connectivity index (χ0v) is 24.9. The van der Waals surface area contributed by atoms with E-state index in [1.54, 1.807) is 67.4 Å². The minimum atomic E-state index is -0.499. The van der Waals surface area contributed by atoms with Crippen molar-refractivity contribution in [3.8, 4) is 17.2 Å². The van der Waals surface area contributed by atoms with Crippen LogP contribution in [0.25, 0.3) is 0 Å².